The largest absolute Gasteiger partial charge is 0.272 e. The number of nitrogens with one attached hydrogen (secondary N) is 1. The van der Waals surface area contributed by atoms with Crippen LogP contribution in [0.3, 0.4) is 0 Å². The Kier molecular flexibility index (Phi) is 5.71. The average molecular weight is 387 g/mol. The lowest BCUT2D eigenvalue weighted by Crippen LogP contribution is -2.18. The molecule has 0 bridgehead atoms. The summed E-state index contributed by atoms with van der Waals surface area (Å²) in [6.07, 6.45) is 1.49. The molecule has 7 heteroatoms. The lowest BCUT2D eigenvalue weighted by Gasteiger charge is -2.03. The maximum absolute atomic E-state index is 12.1. The molecule has 26 heavy (non-hydrogen) atoms. The molecule has 0 spiro atoms. The Morgan fingerprint density at radius 1 is 1.15 bits per heavy atom. The van der Waals surface area contributed by atoms with E-state index in [9.17, 15) is 4.79 Å². The molecule has 0 saturated heterocycles. The van der Waals surface area contributed by atoms with Gasteiger partial charge >= 0.3 is 0 Å². The SMILES string of the molecule is Cc1nn(Cc2ccccc2)c(Cl)c1/C=N\NC(=O)c1ccccc1Cl. The summed E-state index contributed by atoms with van der Waals surface area (Å²) in [5.74, 6) is -0.391. The van der Waals surface area contributed by atoms with Crippen molar-refractivity contribution >= 4 is 35.3 Å². The van der Waals surface area contributed by atoms with Crippen molar-refractivity contribution in [2.24, 2.45) is 5.10 Å². The molecule has 5 nitrogen and oxygen atoms in total. The molecule has 0 aliphatic rings. The minimum atomic E-state index is -0.391. The second-order valence-corrected chi connectivity index (χ2v) is 6.38. The quantitative estimate of drug-likeness (QED) is 0.524. The Morgan fingerprint density at radius 3 is 2.58 bits per heavy atom. The highest BCUT2D eigenvalue weighted by molar-refractivity contribution is 6.34. The Hall–Kier alpha value is -2.63. The average Bonchev–Trinajstić information content (AvgIpc) is 2.90. The molecule has 1 amide bonds. The topological polar surface area (TPSA) is 59.3 Å². The molecule has 1 aromatic heterocycles. The van der Waals surface area contributed by atoms with E-state index in [0.29, 0.717) is 27.8 Å². The summed E-state index contributed by atoms with van der Waals surface area (Å²) in [6, 6.07) is 16.7. The first kappa shape index (κ1) is 18.2. The van der Waals surface area contributed by atoms with Crippen molar-refractivity contribution in [3.8, 4) is 0 Å². The molecule has 0 aliphatic heterocycles. The van der Waals surface area contributed by atoms with Crippen LogP contribution in [0.2, 0.25) is 10.2 Å². The normalized spacial score (nSPS) is 11.0. The molecule has 1 heterocycles. The second kappa shape index (κ2) is 8.17. The van der Waals surface area contributed by atoms with E-state index < -0.39 is 5.91 Å². The molecule has 0 aliphatic carbocycles. The summed E-state index contributed by atoms with van der Waals surface area (Å²) >= 11 is 12.4. The van der Waals surface area contributed by atoms with Gasteiger partial charge in [-0.2, -0.15) is 10.2 Å². The van der Waals surface area contributed by atoms with E-state index in [1.54, 1.807) is 28.9 Å². The number of nitrogens with zero attached hydrogens (tertiary/aromatic N) is 3. The third-order valence-electron chi connectivity index (χ3n) is 3.76. The van der Waals surface area contributed by atoms with Gasteiger partial charge in [0.05, 0.1) is 34.6 Å². The number of aryl methyl sites for hydroxylation is 1. The van der Waals surface area contributed by atoms with Gasteiger partial charge in [-0.1, -0.05) is 65.7 Å². The van der Waals surface area contributed by atoms with Crippen LogP contribution in [0, 0.1) is 6.92 Å². The number of amides is 1. The maximum Gasteiger partial charge on any atom is 0.272 e. The van der Waals surface area contributed by atoms with Gasteiger partial charge in [0, 0.05) is 0 Å². The standard InChI is InChI=1S/C19H16Cl2N4O/c1-13-16(11-22-23-19(26)15-9-5-6-10-17(15)20)18(21)25(24-13)12-14-7-3-2-4-8-14/h2-11H,12H2,1H3,(H,23,26)/b22-11-. The number of carbonyl (C=O) groups is 1. The molecule has 0 radical (unpaired) electrons. The molecule has 1 N–H and O–H groups in total. The summed E-state index contributed by atoms with van der Waals surface area (Å²) in [5.41, 5.74) is 5.28. The minimum Gasteiger partial charge on any atom is -0.267 e. The number of hydrogen-bond acceptors (Lipinski definition) is 3. The predicted octanol–water partition coefficient (Wildman–Crippen LogP) is 4.31. The molecule has 3 rings (SSSR count). The van der Waals surface area contributed by atoms with E-state index in [1.165, 1.54) is 6.21 Å². The Morgan fingerprint density at radius 2 is 1.85 bits per heavy atom. The minimum absolute atomic E-state index is 0.355. The number of aromatic nitrogens is 2. The van der Waals surface area contributed by atoms with E-state index in [-0.39, 0.29) is 0 Å². The summed E-state index contributed by atoms with van der Waals surface area (Å²) < 4.78 is 1.70. The fourth-order valence-corrected chi connectivity index (χ4v) is 2.94. The number of hydrazone groups is 1. The molecule has 0 atom stereocenters. The van der Waals surface area contributed by atoms with Crippen molar-refractivity contribution < 1.29 is 4.79 Å². The lowest BCUT2D eigenvalue weighted by molar-refractivity contribution is 0.0955. The molecule has 3 aromatic rings. The summed E-state index contributed by atoms with van der Waals surface area (Å²) in [6.45, 7) is 2.39. The zero-order chi connectivity index (χ0) is 18.5. The van der Waals surface area contributed by atoms with Crippen LogP contribution in [0.1, 0.15) is 27.2 Å². The molecule has 0 saturated carbocycles. The fourth-order valence-electron chi connectivity index (χ4n) is 2.44. The van der Waals surface area contributed by atoms with Crippen LogP contribution in [-0.4, -0.2) is 21.9 Å². The highest BCUT2D eigenvalue weighted by Gasteiger charge is 2.13. The third kappa shape index (κ3) is 4.12. The lowest BCUT2D eigenvalue weighted by atomic mass is 10.2. The Labute approximate surface area is 161 Å². The van der Waals surface area contributed by atoms with Gasteiger partial charge in [-0.05, 0) is 24.6 Å². The van der Waals surface area contributed by atoms with Crippen molar-refractivity contribution in [3.05, 3.63) is 87.2 Å². The van der Waals surface area contributed by atoms with Crippen molar-refractivity contribution in [3.63, 3.8) is 0 Å². The van der Waals surface area contributed by atoms with Crippen molar-refractivity contribution in [2.75, 3.05) is 0 Å². The van der Waals surface area contributed by atoms with Gasteiger partial charge in [-0.25, -0.2) is 10.1 Å². The first-order valence-electron chi connectivity index (χ1n) is 7.91. The number of carbonyl (C=O) groups excluding carboxylic acids is 1. The van der Waals surface area contributed by atoms with Crippen molar-refractivity contribution in [2.45, 2.75) is 13.5 Å². The first-order valence-corrected chi connectivity index (χ1v) is 8.66. The van der Waals surface area contributed by atoms with Gasteiger partial charge in [0.25, 0.3) is 5.91 Å². The molecule has 0 unspecified atom stereocenters. The fraction of sp³-hybridized carbons (Fsp3) is 0.105. The van der Waals surface area contributed by atoms with Crippen LogP contribution >= 0.6 is 23.2 Å². The van der Waals surface area contributed by atoms with E-state index in [0.717, 1.165) is 11.3 Å². The van der Waals surface area contributed by atoms with Gasteiger partial charge < -0.3 is 0 Å². The number of halogens is 2. The van der Waals surface area contributed by atoms with Crippen LogP contribution in [0.25, 0.3) is 0 Å². The highest BCUT2D eigenvalue weighted by Crippen LogP contribution is 2.19. The second-order valence-electron chi connectivity index (χ2n) is 5.61. The van der Waals surface area contributed by atoms with E-state index >= 15 is 0 Å². The zero-order valence-corrected chi connectivity index (χ0v) is 15.5. The van der Waals surface area contributed by atoms with E-state index in [2.05, 4.69) is 15.6 Å². The first-order chi connectivity index (χ1) is 12.6. The zero-order valence-electron chi connectivity index (χ0n) is 14.0. The number of hydrogen-bond donors (Lipinski definition) is 1. The van der Waals surface area contributed by atoms with Gasteiger partial charge in [0.15, 0.2) is 0 Å². The monoisotopic (exact) mass is 386 g/mol. The van der Waals surface area contributed by atoms with Gasteiger partial charge in [0.2, 0.25) is 0 Å². The molecule has 2 aromatic carbocycles. The van der Waals surface area contributed by atoms with Crippen LogP contribution < -0.4 is 5.43 Å². The molecule has 132 valence electrons. The van der Waals surface area contributed by atoms with Crippen LogP contribution in [0.4, 0.5) is 0 Å². The number of benzene rings is 2. The van der Waals surface area contributed by atoms with Crippen molar-refractivity contribution in [1.82, 2.24) is 15.2 Å². The summed E-state index contributed by atoms with van der Waals surface area (Å²) in [5, 5.41) is 9.24. The summed E-state index contributed by atoms with van der Waals surface area (Å²) in [7, 11) is 0. The Balaban J connectivity index is 1.73. The van der Waals surface area contributed by atoms with Gasteiger partial charge in [-0.15, -0.1) is 0 Å². The Bertz CT molecular complexity index is 951. The molecular weight excluding hydrogens is 371 g/mol. The third-order valence-corrected chi connectivity index (χ3v) is 4.49. The van der Waals surface area contributed by atoms with Crippen LogP contribution in [-0.2, 0) is 6.54 Å². The van der Waals surface area contributed by atoms with Crippen molar-refractivity contribution in [1.29, 1.82) is 0 Å². The van der Waals surface area contributed by atoms with E-state index in [4.69, 9.17) is 23.2 Å². The van der Waals surface area contributed by atoms with E-state index in [1.807, 2.05) is 37.3 Å². The maximum atomic E-state index is 12.1. The molecular formula is C19H16Cl2N4O. The highest BCUT2D eigenvalue weighted by atomic mass is 35.5. The number of rotatable bonds is 5. The smallest absolute Gasteiger partial charge is 0.267 e. The molecule has 0 fully saturated rings. The predicted molar refractivity (Wildman–Crippen MR) is 104 cm³/mol. The van der Waals surface area contributed by atoms with Crippen LogP contribution in [0.15, 0.2) is 59.7 Å². The summed E-state index contributed by atoms with van der Waals surface area (Å²) in [4.78, 5) is 12.1. The van der Waals surface area contributed by atoms with Gasteiger partial charge in [-0.3, -0.25) is 4.79 Å². The van der Waals surface area contributed by atoms with Gasteiger partial charge in [0.1, 0.15) is 5.15 Å². The van der Waals surface area contributed by atoms with Crippen LogP contribution in [0.5, 0.6) is 0 Å².